The summed E-state index contributed by atoms with van der Waals surface area (Å²) in [6, 6.07) is 14.9. The quantitative estimate of drug-likeness (QED) is 0.171. The number of halogens is 1. The number of carbonyl (C=O) groups excluding carboxylic acids is 3. The summed E-state index contributed by atoms with van der Waals surface area (Å²) in [4.78, 5) is 49.3. The van der Waals surface area contributed by atoms with Gasteiger partial charge in [-0.3, -0.25) is 19.7 Å². The molecule has 0 saturated heterocycles. The Morgan fingerprint density at radius 3 is 2.12 bits per heavy atom. The van der Waals surface area contributed by atoms with Gasteiger partial charge in [-0.25, -0.2) is 9.18 Å². The van der Waals surface area contributed by atoms with Gasteiger partial charge in [0.15, 0.2) is 0 Å². The van der Waals surface area contributed by atoms with Gasteiger partial charge in [0.1, 0.15) is 0 Å². The Morgan fingerprint density at radius 1 is 1.06 bits per heavy atom. The number of ether oxygens (including phenoxy) is 2. The second-order valence-corrected chi connectivity index (χ2v) is 6.99. The molecule has 3 unspecified atom stereocenters. The van der Waals surface area contributed by atoms with Crippen molar-refractivity contribution in [3.05, 3.63) is 81.9 Å². The average molecular weight is 445 g/mol. The first-order valence-electron chi connectivity index (χ1n) is 9.97. The predicted molar refractivity (Wildman–Crippen MR) is 112 cm³/mol. The number of nitrogens with zero attached hydrogens (tertiary/aromatic N) is 1. The van der Waals surface area contributed by atoms with Crippen molar-refractivity contribution in [3.8, 4) is 0 Å². The molecule has 9 heteroatoms. The largest absolute Gasteiger partial charge is 0.469 e. The van der Waals surface area contributed by atoms with Crippen LogP contribution in [0.2, 0.25) is 0 Å². The molecule has 0 aliphatic rings. The monoisotopic (exact) mass is 445 g/mol. The number of ketones is 1. The summed E-state index contributed by atoms with van der Waals surface area (Å²) in [5, 5.41) is 11.0. The molecule has 0 saturated carbocycles. The Kier molecular flexibility index (Phi) is 8.57. The molecule has 3 atom stereocenters. The molecule has 0 aliphatic heterocycles. The van der Waals surface area contributed by atoms with Crippen LogP contribution in [-0.4, -0.2) is 48.6 Å². The van der Waals surface area contributed by atoms with Crippen molar-refractivity contribution in [2.75, 3.05) is 20.3 Å². The van der Waals surface area contributed by atoms with Crippen LogP contribution in [-0.2, 0) is 19.1 Å². The summed E-state index contributed by atoms with van der Waals surface area (Å²) in [6.07, 6.45) is -0.452. The lowest BCUT2D eigenvalue weighted by Gasteiger charge is -2.34. The molecule has 0 bridgehead atoms. The third kappa shape index (κ3) is 5.35. The van der Waals surface area contributed by atoms with Gasteiger partial charge in [-0.15, -0.1) is 0 Å². The molecule has 0 fully saturated rings. The van der Waals surface area contributed by atoms with Crippen molar-refractivity contribution in [2.45, 2.75) is 24.9 Å². The van der Waals surface area contributed by atoms with E-state index in [-0.39, 0.29) is 17.7 Å². The maximum Gasteiger partial charge on any atom is 0.352 e. The van der Waals surface area contributed by atoms with Gasteiger partial charge in [0.25, 0.3) is 5.67 Å². The molecule has 2 rings (SSSR count). The Hall–Kier alpha value is -3.62. The highest BCUT2D eigenvalue weighted by Gasteiger charge is 2.59. The minimum absolute atomic E-state index is 0.109. The highest BCUT2D eigenvalue weighted by molar-refractivity contribution is 6.16. The number of methoxy groups -OCH3 is 1. The Labute approximate surface area is 184 Å². The highest BCUT2D eigenvalue weighted by atomic mass is 19.1. The number of alkyl halides is 1. The van der Waals surface area contributed by atoms with Crippen molar-refractivity contribution >= 4 is 17.7 Å². The molecular weight excluding hydrogens is 421 g/mol. The maximum atomic E-state index is 16.9. The first-order valence-corrected chi connectivity index (χ1v) is 9.97. The average Bonchev–Trinajstić information content (AvgIpc) is 2.81. The van der Waals surface area contributed by atoms with Crippen molar-refractivity contribution in [1.82, 2.24) is 0 Å². The van der Waals surface area contributed by atoms with Gasteiger partial charge in [-0.05, 0) is 12.5 Å². The first-order chi connectivity index (χ1) is 15.3. The van der Waals surface area contributed by atoms with Crippen molar-refractivity contribution in [1.29, 1.82) is 0 Å². The number of Topliss-reactive ketones (excluding diaryl/α,β-unsaturated/α-hetero) is 1. The summed E-state index contributed by atoms with van der Waals surface area (Å²) >= 11 is 0. The molecule has 32 heavy (non-hydrogen) atoms. The molecule has 8 nitrogen and oxygen atoms in total. The van der Waals surface area contributed by atoms with E-state index in [2.05, 4.69) is 0 Å². The number of carbonyl (C=O) groups is 3. The van der Waals surface area contributed by atoms with Crippen molar-refractivity contribution < 1.29 is 33.2 Å². The summed E-state index contributed by atoms with van der Waals surface area (Å²) in [5.74, 6) is -6.89. The summed E-state index contributed by atoms with van der Waals surface area (Å²) in [7, 11) is 1.05. The smallest absolute Gasteiger partial charge is 0.352 e. The van der Waals surface area contributed by atoms with Gasteiger partial charge < -0.3 is 9.47 Å². The van der Waals surface area contributed by atoms with E-state index >= 15 is 4.39 Å². The molecule has 0 aromatic heterocycles. The third-order valence-electron chi connectivity index (χ3n) is 5.06. The highest BCUT2D eigenvalue weighted by Crippen LogP contribution is 2.43. The lowest BCUT2D eigenvalue weighted by atomic mass is 9.70. The standard InChI is InChI=1S/C23H24FNO7/c1-3-32-22(28)23(24,20(26)17-12-8-5-9-13-17)19(16-10-6-4-7-11-16)18(21(27)31-2)14-15-25(29)30/h4-13,18-19H,3,14-15H2,1-2H3. The zero-order valence-electron chi connectivity index (χ0n) is 17.7. The normalized spacial score (nSPS) is 14.5. The van der Waals surface area contributed by atoms with Crippen LogP contribution < -0.4 is 0 Å². The van der Waals surface area contributed by atoms with E-state index in [9.17, 15) is 24.5 Å². The van der Waals surface area contributed by atoms with Crippen LogP contribution >= 0.6 is 0 Å². The molecule has 170 valence electrons. The van der Waals surface area contributed by atoms with E-state index < -0.39 is 53.1 Å². The van der Waals surface area contributed by atoms with Crippen LogP contribution in [0.25, 0.3) is 0 Å². The third-order valence-corrected chi connectivity index (χ3v) is 5.06. The van der Waals surface area contributed by atoms with E-state index in [4.69, 9.17) is 9.47 Å². The van der Waals surface area contributed by atoms with Gasteiger partial charge in [0.05, 0.1) is 25.6 Å². The molecule has 2 aromatic carbocycles. The second-order valence-electron chi connectivity index (χ2n) is 6.99. The van der Waals surface area contributed by atoms with Gasteiger partial charge in [0.2, 0.25) is 12.3 Å². The zero-order valence-corrected chi connectivity index (χ0v) is 17.7. The SMILES string of the molecule is CCOC(=O)C(F)(C(=O)c1ccccc1)C(c1ccccc1)C(CC[N+](=O)[O-])C(=O)OC. The minimum atomic E-state index is -3.34. The Morgan fingerprint density at radius 2 is 1.62 bits per heavy atom. The summed E-state index contributed by atoms with van der Waals surface area (Å²) in [5.41, 5.74) is -3.32. The van der Waals surface area contributed by atoms with Crippen LogP contribution in [0, 0.1) is 16.0 Å². The Bertz CT molecular complexity index is 951. The minimum Gasteiger partial charge on any atom is -0.469 e. The lowest BCUT2D eigenvalue weighted by molar-refractivity contribution is -0.481. The summed E-state index contributed by atoms with van der Waals surface area (Å²) < 4.78 is 26.6. The summed E-state index contributed by atoms with van der Waals surface area (Å²) in [6.45, 7) is 0.542. The Balaban J connectivity index is 2.76. The lowest BCUT2D eigenvalue weighted by Crippen LogP contribution is -2.52. The van der Waals surface area contributed by atoms with E-state index in [1.807, 2.05) is 0 Å². The van der Waals surface area contributed by atoms with Crippen LogP contribution in [0.4, 0.5) is 4.39 Å². The molecule has 0 amide bonds. The maximum absolute atomic E-state index is 16.9. The van der Waals surface area contributed by atoms with Crippen LogP contribution in [0.5, 0.6) is 0 Å². The molecule has 0 spiro atoms. The van der Waals surface area contributed by atoms with Crippen LogP contribution in [0.1, 0.15) is 35.2 Å². The molecular formula is C23H24FNO7. The molecule has 0 N–H and O–H groups in total. The van der Waals surface area contributed by atoms with Gasteiger partial charge >= 0.3 is 11.9 Å². The fourth-order valence-electron chi connectivity index (χ4n) is 3.61. The topological polar surface area (TPSA) is 113 Å². The zero-order chi connectivity index (χ0) is 23.7. The van der Waals surface area contributed by atoms with Gasteiger partial charge in [0, 0.05) is 16.9 Å². The molecule has 0 aliphatic carbocycles. The van der Waals surface area contributed by atoms with E-state index in [1.54, 1.807) is 24.3 Å². The number of hydrogen-bond donors (Lipinski definition) is 0. The number of rotatable bonds is 11. The first kappa shape index (κ1) is 24.6. The number of nitro groups is 1. The predicted octanol–water partition coefficient (Wildman–Crippen LogP) is 3.38. The number of esters is 2. The molecule has 0 radical (unpaired) electrons. The molecule has 2 aromatic rings. The fourth-order valence-corrected chi connectivity index (χ4v) is 3.61. The van der Waals surface area contributed by atoms with E-state index in [1.165, 1.54) is 43.3 Å². The van der Waals surface area contributed by atoms with Crippen LogP contribution in [0.15, 0.2) is 60.7 Å². The van der Waals surface area contributed by atoms with Gasteiger partial charge in [-0.2, -0.15) is 0 Å². The molecule has 0 heterocycles. The van der Waals surface area contributed by atoms with E-state index in [0.29, 0.717) is 0 Å². The number of benzene rings is 2. The van der Waals surface area contributed by atoms with Crippen LogP contribution in [0.3, 0.4) is 0 Å². The van der Waals surface area contributed by atoms with Crippen molar-refractivity contribution in [2.24, 2.45) is 5.92 Å². The fraction of sp³-hybridized carbons (Fsp3) is 0.348. The van der Waals surface area contributed by atoms with E-state index in [0.717, 1.165) is 7.11 Å². The number of hydrogen-bond acceptors (Lipinski definition) is 7. The second kappa shape index (κ2) is 11.1. The van der Waals surface area contributed by atoms with Crippen molar-refractivity contribution in [3.63, 3.8) is 0 Å². The van der Waals surface area contributed by atoms with Gasteiger partial charge in [-0.1, -0.05) is 60.7 Å².